The van der Waals surface area contributed by atoms with Crippen molar-refractivity contribution in [1.29, 1.82) is 0 Å². The first-order chi connectivity index (χ1) is 7.52. The molecule has 0 aliphatic heterocycles. The van der Waals surface area contributed by atoms with Gasteiger partial charge in [-0.25, -0.2) is 0 Å². The highest BCUT2D eigenvalue weighted by atomic mass is 35.5. The number of ketones is 1. The smallest absolute Gasteiger partial charge is 0.139 e. The van der Waals surface area contributed by atoms with E-state index in [2.05, 4.69) is 6.92 Å². The number of fused-ring (bicyclic) bond motifs is 3. The van der Waals surface area contributed by atoms with Crippen molar-refractivity contribution in [3.05, 3.63) is 33.3 Å². The van der Waals surface area contributed by atoms with Crippen molar-refractivity contribution >= 4 is 29.0 Å². The molecule has 1 fully saturated rings. The summed E-state index contributed by atoms with van der Waals surface area (Å²) in [4.78, 5) is 12.0. The van der Waals surface area contributed by atoms with Gasteiger partial charge in [-0.3, -0.25) is 4.79 Å². The summed E-state index contributed by atoms with van der Waals surface area (Å²) in [6.45, 7) is 2.07. The molecule has 0 radical (unpaired) electrons. The van der Waals surface area contributed by atoms with Crippen molar-refractivity contribution in [2.75, 3.05) is 0 Å². The second-order valence-corrected chi connectivity index (χ2v) is 5.91. The second kappa shape index (κ2) is 3.24. The van der Waals surface area contributed by atoms with Crippen molar-refractivity contribution in [3.8, 4) is 0 Å². The summed E-state index contributed by atoms with van der Waals surface area (Å²) in [7, 11) is 0. The average molecular weight is 255 g/mol. The minimum Gasteiger partial charge on any atom is -0.299 e. The van der Waals surface area contributed by atoms with Gasteiger partial charge in [0, 0.05) is 21.9 Å². The molecule has 0 amide bonds. The van der Waals surface area contributed by atoms with E-state index in [0.717, 1.165) is 23.4 Å². The standard InChI is InChI=1S/C13H12Cl2O/c1-13-6-7-4-8(14)5-10(15)12(7)9(13)2-3-11(13)16/h4-5,9H,2-3,6H2,1H3/t9-,13+/m1/s1. The molecule has 0 bridgehead atoms. The topological polar surface area (TPSA) is 17.1 Å². The summed E-state index contributed by atoms with van der Waals surface area (Å²) < 4.78 is 0. The molecule has 1 saturated carbocycles. The maximum absolute atomic E-state index is 12.0. The third kappa shape index (κ3) is 1.22. The Morgan fingerprint density at radius 3 is 2.88 bits per heavy atom. The summed E-state index contributed by atoms with van der Waals surface area (Å²) in [5.74, 6) is 0.681. The van der Waals surface area contributed by atoms with Gasteiger partial charge in [-0.2, -0.15) is 0 Å². The predicted molar refractivity (Wildman–Crippen MR) is 65.3 cm³/mol. The molecule has 3 rings (SSSR count). The maximum Gasteiger partial charge on any atom is 0.139 e. The fourth-order valence-corrected chi connectivity index (χ4v) is 4.00. The van der Waals surface area contributed by atoms with Gasteiger partial charge in [-0.1, -0.05) is 30.1 Å². The molecule has 1 aromatic carbocycles. The third-order valence-electron chi connectivity index (χ3n) is 4.15. The molecule has 0 N–H and O–H groups in total. The molecular formula is C13H12Cl2O. The molecule has 0 spiro atoms. The van der Waals surface area contributed by atoms with Crippen LogP contribution >= 0.6 is 23.2 Å². The average Bonchev–Trinajstić information content (AvgIpc) is 2.60. The van der Waals surface area contributed by atoms with Crippen LogP contribution in [0.15, 0.2) is 12.1 Å². The van der Waals surface area contributed by atoms with Crippen molar-refractivity contribution in [3.63, 3.8) is 0 Å². The van der Waals surface area contributed by atoms with Crippen molar-refractivity contribution in [2.24, 2.45) is 5.41 Å². The summed E-state index contributed by atoms with van der Waals surface area (Å²) in [6, 6.07) is 3.75. The van der Waals surface area contributed by atoms with E-state index in [1.165, 1.54) is 5.56 Å². The lowest BCUT2D eigenvalue weighted by molar-refractivity contribution is -0.125. The minimum absolute atomic E-state index is 0.226. The van der Waals surface area contributed by atoms with Gasteiger partial charge in [0.25, 0.3) is 0 Å². The number of Topliss-reactive ketones (excluding diaryl/α,β-unsaturated/α-hetero) is 1. The van der Waals surface area contributed by atoms with Crippen LogP contribution in [0, 0.1) is 5.41 Å². The number of carbonyl (C=O) groups is 1. The molecule has 3 heteroatoms. The van der Waals surface area contributed by atoms with Gasteiger partial charge in [-0.15, -0.1) is 0 Å². The SMILES string of the molecule is C[C@]12Cc3cc(Cl)cc(Cl)c3[C@H]1CCC2=O. The van der Waals surface area contributed by atoms with Crippen LogP contribution in [-0.2, 0) is 11.2 Å². The highest BCUT2D eigenvalue weighted by molar-refractivity contribution is 6.35. The minimum atomic E-state index is -0.226. The largest absolute Gasteiger partial charge is 0.299 e. The number of hydrogen-bond donors (Lipinski definition) is 0. The molecule has 2 aliphatic rings. The quantitative estimate of drug-likeness (QED) is 0.684. The van der Waals surface area contributed by atoms with E-state index in [1.807, 2.05) is 6.07 Å². The van der Waals surface area contributed by atoms with Gasteiger partial charge in [0.2, 0.25) is 0 Å². The summed E-state index contributed by atoms with van der Waals surface area (Å²) in [5.41, 5.74) is 2.11. The van der Waals surface area contributed by atoms with Gasteiger partial charge in [-0.05, 0) is 42.0 Å². The molecule has 0 saturated heterocycles. The van der Waals surface area contributed by atoms with E-state index < -0.39 is 0 Å². The van der Waals surface area contributed by atoms with E-state index in [-0.39, 0.29) is 5.41 Å². The number of halogens is 2. The lowest BCUT2D eigenvalue weighted by Crippen LogP contribution is -2.24. The Morgan fingerprint density at radius 2 is 2.12 bits per heavy atom. The van der Waals surface area contributed by atoms with E-state index in [4.69, 9.17) is 23.2 Å². The Bertz CT molecular complexity index is 495. The van der Waals surface area contributed by atoms with Crippen LogP contribution in [0.3, 0.4) is 0 Å². The summed E-state index contributed by atoms with van der Waals surface area (Å²) >= 11 is 12.3. The van der Waals surface area contributed by atoms with E-state index in [0.29, 0.717) is 23.1 Å². The van der Waals surface area contributed by atoms with Gasteiger partial charge in [0.05, 0.1) is 0 Å². The Labute approximate surface area is 105 Å². The first-order valence-electron chi connectivity index (χ1n) is 5.53. The van der Waals surface area contributed by atoms with Crippen molar-refractivity contribution in [2.45, 2.75) is 32.1 Å². The molecule has 84 valence electrons. The van der Waals surface area contributed by atoms with Crippen molar-refractivity contribution in [1.82, 2.24) is 0 Å². The van der Waals surface area contributed by atoms with Crippen LogP contribution in [0.1, 0.15) is 36.8 Å². The van der Waals surface area contributed by atoms with Crippen molar-refractivity contribution < 1.29 is 4.79 Å². The van der Waals surface area contributed by atoms with Crippen LogP contribution in [-0.4, -0.2) is 5.78 Å². The van der Waals surface area contributed by atoms with Gasteiger partial charge in [0.15, 0.2) is 0 Å². The second-order valence-electron chi connectivity index (χ2n) is 5.07. The molecule has 2 aliphatic carbocycles. The molecule has 0 aromatic heterocycles. The normalized spacial score (nSPS) is 31.7. The van der Waals surface area contributed by atoms with E-state index in [1.54, 1.807) is 6.07 Å². The van der Waals surface area contributed by atoms with Crippen LogP contribution in [0.4, 0.5) is 0 Å². The molecule has 2 atom stereocenters. The Kier molecular flexibility index (Phi) is 2.15. The van der Waals surface area contributed by atoms with E-state index in [9.17, 15) is 4.79 Å². The predicted octanol–water partition coefficient (Wildman–Crippen LogP) is 4.00. The highest BCUT2D eigenvalue weighted by Gasteiger charge is 2.52. The fraction of sp³-hybridized carbons (Fsp3) is 0.462. The van der Waals surface area contributed by atoms with Crippen LogP contribution < -0.4 is 0 Å². The zero-order valence-electron chi connectivity index (χ0n) is 9.02. The molecule has 1 nitrogen and oxygen atoms in total. The zero-order chi connectivity index (χ0) is 11.5. The maximum atomic E-state index is 12.0. The molecule has 0 unspecified atom stereocenters. The zero-order valence-corrected chi connectivity index (χ0v) is 10.5. The van der Waals surface area contributed by atoms with E-state index >= 15 is 0 Å². The van der Waals surface area contributed by atoms with Gasteiger partial charge in [0.1, 0.15) is 5.78 Å². The Morgan fingerprint density at radius 1 is 1.38 bits per heavy atom. The van der Waals surface area contributed by atoms with Crippen LogP contribution in [0.5, 0.6) is 0 Å². The summed E-state index contributed by atoms with van der Waals surface area (Å²) in [5, 5.41) is 1.39. The third-order valence-corrected chi connectivity index (χ3v) is 4.68. The first-order valence-corrected chi connectivity index (χ1v) is 6.29. The fourth-order valence-electron chi connectivity index (χ4n) is 3.33. The Balaban J connectivity index is 2.20. The number of hydrogen-bond acceptors (Lipinski definition) is 1. The monoisotopic (exact) mass is 254 g/mol. The van der Waals surface area contributed by atoms with Gasteiger partial charge < -0.3 is 0 Å². The summed E-state index contributed by atoms with van der Waals surface area (Å²) in [6.07, 6.45) is 2.43. The lowest BCUT2D eigenvalue weighted by Gasteiger charge is -2.22. The molecule has 16 heavy (non-hydrogen) atoms. The molecule has 0 heterocycles. The molecular weight excluding hydrogens is 243 g/mol. The Hall–Kier alpha value is -0.530. The van der Waals surface area contributed by atoms with Crippen LogP contribution in [0.25, 0.3) is 0 Å². The van der Waals surface area contributed by atoms with Gasteiger partial charge >= 0.3 is 0 Å². The van der Waals surface area contributed by atoms with Crippen LogP contribution in [0.2, 0.25) is 10.0 Å². The molecule has 1 aromatic rings. The number of rotatable bonds is 0. The highest BCUT2D eigenvalue weighted by Crippen LogP contribution is 2.57. The first kappa shape index (κ1) is 10.6. The number of carbonyl (C=O) groups excluding carboxylic acids is 1. The number of benzene rings is 1. The lowest BCUT2D eigenvalue weighted by atomic mass is 9.80.